The average Bonchev–Trinajstić information content (AvgIpc) is 2.48. The summed E-state index contributed by atoms with van der Waals surface area (Å²) in [6, 6.07) is -0.364. The third-order valence-corrected chi connectivity index (χ3v) is 4.92. The van der Waals surface area contributed by atoms with Crippen LogP contribution >= 0.6 is 0 Å². The number of carboxylic acid groups (broad SMARTS) is 1. The smallest absolute Gasteiger partial charge is 0.331 e. The number of carboxylic acids is 1. The van der Waals surface area contributed by atoms with E-state index >= 15 is 0 Å². The van der Waals surface area contributed by atoms with Crippen molar-refractivity contribution in [3.8, 4) is 0 Å². The van der Waals surface area contributed by atoms with E-state index in [1.807, 2.05) is 7.05 Å². The van der Waals surface area contributed by atoms with E-state index in [2.05, 4.69) is 10.2 Å². The summed E-state index contributed by atoms with van der Waals surface area (Å²) in [7, 11) is 2.02. The largest absolute Gasteiger partial charge is 0.478 e. The van der Waals surface area contributed by atoms with Gasteiger partial charge in [-0.05, 0) is 26.3 Å². The second-order valence-corrected chi connectivity index (χ2v) is 6.54. The SMILES string of the molecule is CC(=O)N[C@H]1[C@H](N(C)C2CCCCC2)C=C(C(=O)O)C[C@@H]1N. The monoisotopic (exact) mass is 309 g/mol. The quantitative estimate of drug-likeness (QED) is 0.716. The molecule has 4 N–H and O–H groups in total. The fourth-order valence-corrected chi connectivity index (χ4v) is 3.70. The minimum Gasteiger partial charge on any atom is -0.478 e. The Hall–Kier alpha value is -1.40. The van der Waals surface area contributed by atoms with Gasteiger partial charge in [-0.3, -0.25) is 9.69 Å². The molecule has 0 aromatic heterocycles. The van der Waals surface area contributed by atoms with E-state index in [0.717, 1.165) is 12.8 Å². The second-order valence-electron chi connectivity index (χ2n) is 6.54. The van der Waals surface area contributed by atoms with Crippen LogP contribution in [0.2, 0.25) is 0 Å². The molecular weight excluding hydrogens is 282 g/mol. The van der Waals surface area contributed by atoms with Gasteiger partial charge in [0.05, 0.1) is 12.1 Å². The summed E-state index contributed by atoms with van der Waals surface area (Å²) in [6.45, 7) is 1.47. The number of amides is 1. The van der Waals surface area contributed by atoms with Crippen LogP contribution in [0.3, 0.4) is 0 Å². The summed E-state index contributed by atoms with van der Waals surface area (Å²) in [6.07, 6.45) is 7.97. The second kappa shape index (κ2) is 7.24. The summed E-state index contributed by atoms with van der Waals surface area (Å²) in [5.41, 5.74) is 6.52. The molecule has 0 aromatic carbocycles. The van der Waals surface area contributed by atoms with Crippen molar-refractivity contribution >= 4 is 11.9 Å². The first kappa shape index (κ1) is 17.0. The molecule has 0 aliphatic heterocycles. The van der Waals surface area contributed by atoms with Gasteiger partial charge in [-0.1, -0.05) is 25.3 Å². The molecule has 0 aromatic rings. The lowest BCUT2D eigenvalue weighted by molar-refractivity contribution is -0.133. The molecule has 0 saturated heterocycles. The van der Waals surface area contributed by atoms with E-state index in [1.54, 1.807) is 6.08 Å². The number of rotatable bonds is 4. The van der Waals surface area contributed by atoms with E-state index in [9.17, 15) is 14.7 Å². The zero-order chi connectivity index (χ0) is 16.3. The average molecular weight is 309 g/mol. The predicted octanol–water partition coefficient (Wildman–Crippen LogP) is 0.866. The molecule has 0 heterocycles. The Morgan fingerprint density at radius 1 is 1.32 bits per heavy atom. The minimum atomic E-state index is -0.918. The van der Waals surface area contributed by atoms with Crippen LogP contribution in [0.15, 0.2) is 11.6 Å². The molecule has 2 aliphatic rings. The summed E-state index contributed by atoms with van der Waals surface area (Å²) in [5.74, 6) is -1.05. The Morgan fingerprint density at radius 2 is 1.95 bits per heavy atom. The molecule has 2 aliphatic carbocycles. The van der Waals surface area contributed by atoms with E-state index < -0.39 is 5.97 Å². The normalized spacial score (nSPS) is 30.0. The number of aliphatic carboxylic acids is 1. The zero-order valence-electron chi connectivity index (χ0n) is 13.4. The van der Waals surface area contributed by atoms with Crippen molar-refractivity contribution in [2.45, 2.75) is 69.6 Å². The lowest BCUT2D eigenvalue weighted by Gasteiger charge is -2.43. The van der Waals surface area contributed by atoms with Crippen molar-refractivity contribution in [1.82, 2.24) is 10.2 Å². The highest BCUT2D eigenvalue weighted by molar-refractivity contribution is 5.87. The third-order valence-electron chi connectivity index (χ3n) is 4.92. The Labute approximate surface area is 131 Å². The van der Waals surface area contributed by atoms with Gasteiger partial charge in [-0.2, -0.15) is 0 Å². The van der Waals surface area contributed by atoms with Gasteiger partial charge in [0.15, 0.2) is 0 Å². The maximum Gasteiger partial charge on any atom is 0.331 e. The topological polar surface area (TPSA) is 95.7 Å². The lowest BCUT2D eigenvalue weighted by Crippen LogP contribution is -2.61. The number of carbonyl (C=O) groups excluding carboxylic acids is 1. The number of nitrogens with two attached hydrogens (primary N) is 1. The maximum atomic E-state index is 11.5. The highest BCUT2D eigenvalue weighted by Gasteiger charge is 2.37. The standard InChI is InChI=1S/C16H27N3O3/c1-10(20)18-15-13(17)8-11(16(21)22)9-14(15)19(2)12-6-4-3-5-7-12/h9,12-15H,3-8,17H2,1-2H3,(H,18,20)(H,21,22)/t13-,14+,15+/m0/s1. The van der Waals surface area contributed by atoms with Crippen LogP contribution < -0.4 is 11.1 Å². The molecule has 0 radical (unpaired) electrons. The number of hydrogen-bond acceptors (Lipinski definition) is 4. The van der Waals surface area contributed by atoms with Gasteiger partial charge in [0.2, 0.25) is 5.91 Å². The zero-order valence-corrected chi connectivity index (χ0v) is 13.4. The molecule has 1 amide bonds. The maximum absolute atomic E-state index is 11.5. The van der Waals surface area contributed by atoms with Crippen LogP contribution in [0, 0.1) is 0 Å². The first-order chi connectivity index (χ1) is 10.4. The molecule has 0 unspecified atom stereocenters. The lowest BCUT2D eigenvalue weighted by atomic mass is 9.84. The van der Waals surface area contributed by atoms with Crippen molar-refractivity contribution in [3.05, 3.63) is 11.6 Å². The number of nitrogens with one attached hydrogen (secondary N) is 1. The van der Waals surface area contributed by atoms with Crippen LogP contribution in [-0.2, 0) is 9.59 Å². The summed E-state index contributed by atoms with van der Waals surface area (Å²) >= 11 is 0. The molecular formula is C16H27N3O3. The number of carbonyl (C=O) groups is 2. The molecule has 0 spiro atoms. The van der Waals surface area contributed by atoms with Gasteiger partial charge < -0.3 is 16.2 Å². The van der Waals surface area contributed by atoms with Crippen LogP contribution in [0.25, 0.3) is 0 Å². The molecule has 1 saturated carbocycles. The minimum absolute atomic E-state index is 0.130. The summed E-state index contributed by atoms with van der Waals surface area (Å²) in [4.78, 5) is 25.0. The van der Waals surface area contributed by atoms with Gasteiger partial charge in [0, 0.05) is 24.6 Å². The van der Waals surface area contributed by atoms with Crippen molar-refractivity contribution < 1.29 is 14.7 Å². The van der Waals surface area contributed by atoms with Crippen LogP contribution in [0.4, 0.5) is 0 Å². The fourth-order valence-electron chi connectivity index (χ4n) is 3.70. The summed E-state index contributed by atoms with van der Waals surface area (Å²) in [5, 5.41) is 12.2. The third kappa shape index (κ3) is 3.87. The highest BCUT2D eigenvalue weighted by atomic mass is 16.4. The molecule has 6 heteroatoms. The first-order valence-electron chi connectivity index (χ1n) is 8.08. The summed E-state index contributed by atoms with van der Waals surface area (Å²) < 4.78 is 0. The molecule has 6 nitrogen and oxygen atoms in total. The first-order valence-corrected chi connectivity index (χ1v) is 8.08. The van der Waals surface area contributed by atoms with Gasteiger partial charge in [-0.15, -0.1) is 0 Å². The molecule has 22 heavy (non-hydrogen) atoms. The molecule has 2 rings (SSSR count). The Bertz CT molecular complexity index is 458. The van der Waals surface area contributed by atoms with E-state index in [0.29, 0.717) is 11.6 Å². The van der Waals surface area contributed by atoms with Crippen molar-refractivity contribution in [1.29, 1.82) is 0 Å². The molecule has 1 fully saturated rings. The predicted molar refractivity (Wildman–Crippen MR) is 84.3 cm³/mol. The Morgan fingerprint density at radius 3 is 2.50 bits per heavy atom. The van der Waals surface area contributed by atoms with E-state index in [4.69, 9.17) is 5.73 Å². The van der Waals surface area contributed by atoms with Crippen LogP contribution in [-0.4, -0.2) is 53.1 Å². The fraction of sp³-hybridized carbons (Fsp3) is 0.750. The van der Waals surface area contributed by atoms with Gasteiger partial charge in [0.25, 0.3) is 0 Å². The van der Waals surface area contributed by atoms with Gasteiger partial charge >= 0.3 is 5.97 Å². The Balaban J connectivity index is 2.24. The Kier molecular flexibility index (Phi) is 5.58. The van der Waals surface area contributed by atoms with E-state index in [1.165, 1.54) is 26.2 Å². The van der Waals surface area contributed by atoms with Gasteiger partial charge in [0.1, 0.15) is 0 Å². The van der Waals surface area contributed by atoms with Gasteiger partial charge in [-0.25, -0.2) is 4.79 Å². The molecule has 0 bridgehead atoms. The number of likely N-dealkylation sites (N-methyl/N-ethyl adjacent to an activating group) is 1. The highest BCUT2D eigenvalue weighted by Crippen LogP contribution is 2.28. The molecule has 124 valence electrons. The van der Waals surface area contributed by atoms with Crippen molar-refractivity contribution in [2.24, 2.45) is 5.73 Å². The molecule has 3 atom stereocenters. The number of nitrogens with zero attached hydrogens (tertiary/aromatic N) is 1. The van der Waals surface area contributed by atoms with Crippen LogP contribution in [0.1, 0.15) is 45.4 Å². The van der Waals surface area contributed by atoms with E-state index in [-0.39, 0.29) is 30.5 Å². The van der Waals surface area contributed by atoms with Crippen molar-refractivity contribution in [3.63, 3.8) is 0 Å². The van der Waals surface area contributed by atoms with Crippen LogP contribution in [0.5, 0.6) is 0 Å². The van der Waals surface area contributed by atoms with Crippen molar-refractivity contribution in [2.75, 3.05) is 7.05 Å². The number of hydrogen-bond donors (Lipinski definition) is 3.